The van der Waals surface area contributed by atoms with Gasteiger partial charge in [-0.05, 0) is 56.0 Å². The molecular formula is C26H26F3N3O4. The maximum atomic E-state index is 13.7. The minimum absolute atomic E-state index is 0.0469. The molecule has 0 N–H and O–H groups in total. The van der Waals surface area contributed by atoms with E-state index in [0.29, 0.717) is 43.4 Å². The highest BCUT2D eigenvalue weighted by molar-refractivity contribution is 5.95. The molecule has 2 fully saturated rings. The van der Waals surface area contributed by atoms with E-state index in [2.05, 4.69) is 9.97 Å². The predicted octanol–water partition coefficient (Wildman–Crippen LogP) is 5.24. The topological polar surface area (TPSA) is 73.8 Å². The van der Waals surface area contributed by atoms with E-state index in [9.17, 15) is 18.0 Å². The summed E-state index contributed by atoms with van der Waals surface area (Å²) in [5.41, 5.74) is 0.149. The third kappa shape index (κ3) is 5.44. The van der Waals surface area contributed by atoms with Gasteiger partial charge in [-0.25, -0.2) is 9.97 Å². The number of aromatic nitrogens is 2. The first-order valence-corrected chi connectivity index (χ1v) is 12.0. The molecule has 190 valence electrons. The van der Waals surface area contributed by atoms with E-state index in [-0.39, 0.29) is 23.9 Å². The molecule has 5 rings (SSSR count). The largest absolute Gasteiger partial charge is 0.439 e. The number of rotatable bonds is 5. The average Bonchev–Trinajstić information content (AvgIpc) is 2.89. The molecule has 0 unspecified atom stereocenters. The highest BCUT2D eigenvalue weighted by Crippen LogP contribution is 2.31. The first-order valence-electron chi connectivity index (χ1n) is 12.0. The molecule has 0 aliphatic carbocycles. The predicted molar refractivity (Wildman–Crippen MR) is 125 cm³/mol. The minimum Gasteiger partial charge on any atom is -0.439 e. The molecular weight excluding hydrogens is 475 g/mol. The van der Waals surface area contributed by atoms with Crippen LogP contribution in [0.25, 0.3) is 10.9 Å². The van der Waals surface area contributed by atoms with Gasteiger partial charge in [0, 0.05) is 56.2 Å². The zero-order valence-corrected chi connectivity index (χ0v) is 19.5. The van der Waals surface area contributed by atoms with Crippen molar-refractivity contribution in [1.82, 2.24) is 14.9 Å². The highest BCUT2D eigenvalue weighted by Gasteiger charge is 2.34. The van der Waals surface area contributed by atoms with Crippen molar-refractivity contribution < 1.29 is 32.2 Å². The van der Waals surface area contributed by atoms with E-state index in [1.165, 1.54) is 6.07 Å². The van der Waals surface area contributed by atoms with E-state index in [1.54, 1.807) is 30.3 Å². The van der Waals surface area contributed by atoms with Crippen LogP contribution in [-0.4, -0.2) is 59.3 Å². The number of hydrogen-bond acceptors (Lipinski definition) is 6. The third-order valence-electron chi connectivity index (χ3n) is 6.57. The molecule has 2 aromatic heterocycles. The van der Waals surface area contributed by atoms with Crippen LogP contribution in [0.15, 0.2) is 48.7 Å². The number of hydrogen-bond donors (Lipinski definition) is 0. The van der Waals surface area contributed by atoms with E-state index in [1.807, 2.05) is 4.90 Å². The fourth-order valence-corrected chi connectivity index (χ4v) is 4.70. The smallest absolute Gasteiger partial charge is 0.417 e. The fourth-order valence-electron chi connectivity index (χ4n) is 4.70. The molecule has 4 heterocycles. The maximum absolute atomic E-state index is 13.7. The average molecular weight is 502 g/mol. The molecule has 1 amide bonds. The van der Waals surface area contributed by atoms with Crippen LogP contribution in [0.4, 0.5) is 13.2 Å². The summed E-state index contributed by atoms with van der Waals surface area (Å²) in [6.45, 7) is 2.55. The van der Waals surface area contributed by atoms with Crippen molar-refractivity contribution in [2.24, 2.45) is 0 Å². The van der Waals surface area contributed by atoms with Crippen molar-refractivity contribution in [1.29, 1.82) is 0 Å². The molecule has 3 aromatic rings. The maximum Gasteiger partial charge on any atom is 0.417 e. The van der Waals surface area contributed by atoms with Gasteiger partial charge in [0.05, 0.1) is 11.1 Å². The number of benzene rings is 1. The number of carbonyl (C=O) groups excluding carboxylic acids is 1. The molecule has 0 bridgehead atoms. The van der Waals surface area contributed by atoms with Crippen LogP contribution in [0, 0.1) is 0 Å². The summed E-state index contributed by atoms with van der Waals surface area (Å²) < 4.78 is 54.9. The van der Waals surface area contributed by atoms with Crippen molar-refractivity contribution in [3.05, 3.63) is 59.9 Å². The van der Waals surface area contributed by atoms with Crippen LogP contribution in [0.2, 0.25) is 0 Å². The van der Waals surface area contributed by atoms with Gasteiger partial charge in [-0.3, -0.25) is 4.79 Å². The van der Waals surface area contributed by atoms with Gasteiger partial charge in [0.15, 0.2) is 0 Å². The molecule has 0 atom stereocenters. The quantitative estimate of drug-likeness (QED) is 0.476. The summed E-state index contributed by atoms with van der Waals surface area (Å²) >= 11 is 0. The number of fused-ring (bicyclic) bond motifs is 1. The van der Waals surface area contributed by atoms with E-state index in [4.69, 9.17) is 14.2 Å². The number of ether oxygens (including phenoxy) is 3. The second-order valence-corrected chi connectivity index (χ2v) is 8.94. The first kappa shape index (κ1) is 24.5. The number of halogens is 3. The Morgan fingerprint density at radius 1 is 0.917 bits per heavy atom. The van der Waals surface area contributed by atoms with Gasteiger partial charge >= 0.3 is 6.18 Å². The third-order valence-corrected chi connectivity index (χ3v) is 6.57. The fraction of sp³-hybridized carbons (Fsp3) is 0.423. The van der Waals surface area contributed by atoms with Gasteiger partial charge in [-0.15, -0.1) is 0 Å². The Balaban J connectivity index is 1.35. The van der Waals surface area contributed by atoms with E-state index in [0.717, 1.165) is 43.3 Å². The molecule has 7 nitrogen and oxygen atoms in total. The van der Waals surface area contributed by atoms with E-state index >= 15 is 0 Å². The second kappa shape index (κ2) is 10.4. The number of alkyl halides is 3. The standard InChI is InChI=1S/C26H26F3N3O4/c27-26(28,29)18-2-6-24(30-16-18)36-21-3-5-22-17(15-21)1-4-23(31-22)25(33)32(19-7-11-34-12-8-19)20-9-13-35-14-10-20/h1-6,15-16,19-20H,7-14H2. The Hall–Kier alpha value is -3.24. The van der Waals surface area contributed by atoms with Crippen molar-refractivity contribution in [2.75, 3.05) is 26.4 Å². The van der Waals surface area contributed by atoms with Crippen LogP contribution in [0.5, 0.6) is 11.6 Å². The lowest BCUT2D eigenvalue weighted by Gasteiger charge is -2.41. The lowest BCUT2D eigenvalue weighted by molar-refractivity contribution is -0.137. The zero-order valence-electron chi connectivity index (χ0n) is 19.5. The molecule has 2 saturated heterocycles. The van der Waals surface area contributed by atoms with Crippen LogP contribution >= 0.6 is 0 Å². The van der Waals surface area contributed by atoms with Crippen LogP contribution in [0.3, 0.4) is 0 Å². The lowest BCUT2D eigenvalue weighted by Crippen LogP contribution is -2.51. The number of nitrogens with zero attached hydrogens (tertiary/aromatic N) is 3. The van der Waals surface area contributed by atoms with Gasteiger partial charge in [0.2, 0.25) is 5.88 Å². The molecule has 10 heteroatoms. The Morgan fingerprint density at radius 3 is 2.17 bits per heavy atom. The van der Waals surface area contributed by atoms with Gasteiger partial charge in [-0.1, -0.05) is 6.07 Å². The van der Waals surface area contributed by atoms with Crippen molar-refractivity contribution >= 4 is 16.8 Å². The van der Waals surface area contributed by atoms with Crippen LogP contribution in [0.1, 0.15) is 41.7 Å². The molecule has 0 radical (unpaired) electrons. The van der Waals surface area contributed by atoms with Gasteiger partial charge in [-0.2, -0.15) is 13.2 Å². The summed E-state index contributed by atoms with van der Waals surface area (Å²) in [5.74, 6) is 0.359. The molecule has 2 aliphatic rings. The normalized spacial score (nSPS) is 17.8. The number of carbonyl (C=O) groups is 1. The number of pyridine rings is 2. The van der Waals surface area contributed by atoms with Crippen LogP contribution in [-0.2, 0) is 15.7 Å². The molecule has 2 aliphatic heterocycles. The van der Waals surface area contributed by atoms with Gasteiger partial charge < -0.3 is 19.1 Å². The molecule has 1 aromatic carbocycles. The first-order chi connectivity index (χ1) is 17.4. The number of amides is 1. The molecule has 36 heavy (non-hydrogen) atoms. The summed E-state index contributed by atoms with van der Waals surface area (Å²) in [6, 6.07) is 10.9. The van der Waals surface area contributed by atoms with Gasteiger partial charge in [0.1, 0.15) is 11.4 Å². The van der Waals surface area contributed by atoms with E-state index < -0.39 is 11.7 Å². The van der Waals surface area contributed by atoms with Crippen molar-refractivity contribution in [2.45, 2.75) is 43.9 Å². The summed E-state index contributed by atoms with van der Waals surface area (Å²) in [4.78, 5) is 24.0. The van der Waals surface area contributed by atoms with Gasteiger partial charge in [0.25, 0.3) is 5.91 Å². The summed E-state index contributed by atoms with van der Waals surface area (Å²) in [5, 5.41) is 0.736. The van der Waals surface area contributed by atoms with Crippen LogP contribution < -0.4 is 4.74 Å². The lowest BCUT2D eigenvalue weighted by atomic mass is 9.99. The summed E-state index contributed by atoms with van der Waals surface area (Å²) in [6.07, 6.45) is -0.520. The Bertz CT molecular complexity index is 1190. The SMILES string of the molecule is O=C(c1ccc2cc(Oc3ccc(C(F)(F)F)cn3)ccc2n1)N(C1CCOCC1)C1CCOCC1. The second-order valence-electron chi connectivity index (χ2n) is 8.94. The van der Waals surface area contributed by atoms with Crippen molar-refractivity contribution in [3.63, 3.8) is 0 Å². The zero-order chi connectivity index (χ0) is 25.1. The van der Waals surface area contributed by atoms with Crippen molar-refractivity contribution in [3.8, 4) is 11.6 Å². The Morgan fingerprint density at radius 2 is 1.58 bits per heavy atom. The Kier molecular flexibility index (Phi) is 7.06. The molecule has 0 spiro atoms. The Labute approximate surface area is 206 Å². The summed E-state index contributed by atoms with van der Waals surface area (Å²) in [7, 11) is 0. The minimum atomic E-state index is -4.46. The molecule has 0 saturated carbocycles. The highest BCUT2D eigenvalue weighted by atomic mass is 19.4. The monoisotopic (exact) mass is 501 g/mol.